The van der Waals surface area contributed by atoms with Crippen LogP contribution < -0.4 is 10.1 Å². The van der Waals surface area contributed by atoms with E-state index >= 15 is 0 Å². The van der Waals surface area contributed by atoms with Gasteiger partial charge < -0.3 is 25.2 Å². The molecule has 10 nitrogen and oxygen atoms in total. The summed E-state index contributed by atoms with van der Waals surface area (Å²) in [6.45, 7) is -0.0591. The number of amides is 2. The summed E-state index contributed by atoms with van der Waals surface area (Å²) in [6, 6.07) is 4.82. The Hall–Kier alpha value is -3.43. The quantitative estimate of drug-likeness (QED) is 0.682. The van der Waals surface area contributed by atoms with Crippen molar-refractivity contribution >= 4 is 34.7 Å². The highest BCUT2D eigenvalue weighted by Crippen LogP contribution is 2.34. The number of anilines is 1. The molecular formula is C17H18N4O6. The average Bonchev–Trinajstić information content (AvgIpc) is 2.67. The normalized spacial score (nSPS) is 16.0. The summed E-state index contributed by atoms with van der Waals surface area (Å²) in [5, 5.41) is 21.4. The number of carboxylic acid groups (broad SMARTS) is 2. The van der Waals surface area contributed by atoms with Crippen LogP contribution in [0.1, 0.15) is 12.8 Å². The number of hydrogen-bond donors (Lipinski definition) is 3. The van der Waals surface area contributed by atoms with E-state index in [4.69, 9.17) is 9.84 Å². The van der Waals surface area contributed by atoms with Gasteiger partial charge in [0.05, 0.1) is 18.3 Å². The number of aromatic nitrogens is 2. The Morgan fingerprint density at radius 2 is 1.89 bits per heavy atom. The number of pyridine rings is 2. The van der Waals surface area contributed by atoms with E-state index in [0.29, 0.717) is 22.6 Å². The summed E-state index contributed by atoms with van der Waals surface area (Å²) in [4.78, 5) is 45.3. The van der Waals surface area contributed by atoms with Gasteiger partial charge in [0.25, 0.3) is 0 Å². The fraction of sp³-hybridized carbons (Fsp3) is 0.353. The Morgan fingerprint density at radius 3 is 2.48 bits per heavy atom. The van der Waals surface area contributed by atoms with Gasteiger partial charge in [0, 0.05) is 25.4 Å². The van der Waals surface area contributed by atoms with E-state index in [1.54, 1.807) is 12.1 Å². The van der Waals surface area contributed by atoms with Gasteiger partial charge in [-0.25, -0.2) is 9.78 Å². The third-order valence-corrected chi connectivity index (χ3v) is 4.75. The maximum Gasteiger partial charge on any atom is 0.407 e. The monoisotopic (exact) mass is 374 g/mol. The van der Waals surface area contributed by atoms with Gasteiger partial charge in [0.15, 0.2) is 0 Å². The highest BCUT2D eigenvalue weighted by molar-refractivity contribution is 6.10. The summed E-state index contributed by atoms with van der Waals surface area (Å²) in [5.74, 6) is -1.67. The second-order valence-corrected chi connectivity index (χ2v) is 6.19. The summed E-state index contributed by atoms with van der Waals surface area (Å²) >= 11 is 0. The lowest BCUT2D eigenvalue weighted by molar-refractivity contribution is -0.157. The first-order valence-electron chi connectivity index (χ1n) is 8.20. The standard InChI is InChI=1S/C17H18N4O6/c1-27-12-3-2-10-13(20-12)11(4-7-18-10)19-14(22)17(15(23)24)5-8-21(9-6-17)16(25)26/h2-4,7H,5-6,8-9H2,1H3,(H,23,24)(H,25,26)(H,18,19,22). The molecule has 0 aromatic carbocycles. The molecule has 0 unspecified atom stereocenters. The highest BCUT2D eigenvalue weighted by atomic mass is 16.5. The molecule has 1 fully saturated rings. The Balaban J connectivity index is 1.90. The topological polar surface area (TPSA) is 142 Å². The molecule has 1 saturated heterocycles. The number of rotatable bonds is 4. The number of nitrogens with zero attached hydrogens (tertiary/aromatic N) is 3. The molecule has 1 aliphatic rings. The van der Waals surface area contributed by atoms with Gasteiger partial charge in [-0.2, -0.15) is 0 Å². The molecule has 3 rings (SSSR count). The third-order valence-electron chi connectivity index (χ3n) is 4.75. The van der Waals surface area contributed by atoms with Gasteiger partial charge >= 0.3 is 12.1 Å². The van der Waals surface area contributed by atoms with E-state index in [0.717, 1.165) is 4.90 Å². The minimum Gasteiger partial charge on any atom is -0.481 e. The van der Waals surface area contributed by atoms with Gasteiger partial charge in [-0.15, -0.1) is 0 Å². The third kappa shape index (κ3) is 3.33. The fourth-order valence-electron chi connectivity index (χ4n) is 3.08. The van der Waals surface area contributed by atoms with Crippen LogP contribution in [0.4, 0.5) is 10.5 Å². The zero-order chi connectivity index (χ0) is 19.6. The molecule has 2 aromatic rings. The maximum atomic E-state index is 12.9. The Bertz CT molecular complexity index is 907. The number of carbonyl (C=O) groups is 3. The molecule has 3 N–H and O–H groups in total. The molecular weight excluding hydrogens is 356 g/mol. The van der Waals surface area contributed by atoms with Crippen molar-refractivity contribution in [3.8, 4) is 5.88 Å². The van der Waals surface area contributed by atoms with Crippen LogP contribution in [-0.4, -0.2) is 63.2 Å². The minimum atomic E-state index is -1.71. The van der Waals surface area contributed by atoms with Crippen LogP contribution >= 0.6 is 0 Å². The summed E-state index contributed by atoms with van der Waals surface area (Å²) < 4.78 is 5.08. The summed E-state index contributed by atoms with van der Waals surface area (Å²) in [7, 11) is 1.46. The van der Waals surface area contributed by atoms with Crippen LogP contribution in [0.2, 0.25) is 0 Å². The lowest BCUT2D eigenvalue weighted by Gasteiger charge is -2.36. The summed E-state index contributed by atoms with van der Waals surface area (Å²) in [5.41, 5.74) is -0.516. The number of carbonyl (C=O) groups excluding carboxylic acids is 1. The molecule has 0 spiro atoms. The van der Waals surface area contributed by atoms with Crippen LogP contribution in [0.5, 0.6) is 5.88 Å². The molecule has 1 aliphatic heterocycles. The van der Waals surface area contributed by atoms with Crippen LogP contribution in [0.15, 0.2) is 24.4 Å². The first-order chi connectivity index (χ1) is 12.9. The van der Waals surface area contributed by atoms with Gasteiger partial charge in [0.2, 0.25) is 11.8 Å². The number of hydrogen-bond acceptors (Lipinski definition) is 6. The van der Waals surface area contributed by atoms with Crippen LogP contribution in [0.25, 0.3) is 11.0 Å². The zero-order valence-corrected chi connectivity index (χ0v) is 14.5. The van der Waals surface area contributed by atoms with E-state index in [1.807, 2.05) is 0 Å². The van der Waals surface area contributed by atoms with Crippen molar-refractivity contribution in [3.05, 3.63) is 24.4 Å². The molecule has 27 heavy (non-hydrogen) atoms. The van der Waals surface area contributed by atoms with Crippen LogP contribution in [0.3, 0.4) is 0 Å². The highest BCUT2D eigenvalue weighted by Gasteiger charge is 2.49. The number of piperidine rings is 1. The molecule has 142 valence electrons. The predicted molar refractivity (Wildman–Crippen MR) is 93.6 cm³/mol. The number of aliphatic carboxylic acids is 1. The number of carboxylic acids is 1. The second-order valence-electron chi connectivity index (χ2n) is 6.19. The average molecular weight is 374 g/mol. The number of fused-ring (bicyclic) bond motifs is 1. The van der Waals surface area contributed by atoms with Crippen molar-refractivity contribution in [2.45, 2.75) is 12.8 Å². The van der Waals surface area contributed by atoms with E-state index < -0.39 is 23.4 Å². The van der Waals surface area contributed by atoms with Crippen molar-refractivity contribution in [2.75, 3.05) is 25.5 Å². The van der Waals surface area contributed by atoms with Crippen LogP contribution in [-0.2, 0) is 9.59 Å². The second kappa shape index (κ2) is 7.06. The molecule has 0 aliphatic carbocycles. The number of nitrogens with one attached hydrogen (secondary N) is 1. The van der Waals surface area contributed by atoms with Crippen molar-refractivity contribution in [1.82, 2.24) is 14.9 Å². The summed E-state index contributed by atoms with van der Waals surface area (Å²) in [6.07, 6.45) is 0.123. The molecule has 0 atom stereocenters. The lowest BCUT2D eigenvalue weighted by Crippen LogP contribution is -2.52. The van der Waals surface area contributed by atoms with Gasteiger partial charge in [-0.1, -0.05) is 0 Å². The molecule has 0 radical (unpaired) electrons. The van der Waals surface area contributed by atoms with Crippen molar-refractivity contribution in [3.63, 3.8) is 0 Å². The van der Waals surface area contributed by atoms with E-state index in [9.17, 15) is 19.5 Å². The van der Waals surface area contributed by atoms with Gasteiger partial charge in [-0.3, -0.25) is 14.6 Å². The van der Waals surface area contributed by atoms with Crippen molar-refractivity contribution in [1.29, 1.82) is 0 Å². The predicted octanol–water partition coefficient (Wildman–Crippen LogP) is 1.42. The number of ether oxygens (including phenoxy) is 1. The van der Waals surface area contributed by atoms with E-state index in [-0.39, 0.29) is 25.9 Å². The smallest absolute Gasteiger partial charge is 0.407 e. The molecule has 0 saturated carbocycles. The molecule has 0 bridgehead atoms. The lowest BCUT2D eigenvalue weighted by atomic mass is 9.77. The number of methoxy groups -OCH3 is 1. The van der Waals surface area contributed by atoms with Crippen molar-refractivity contribution in [2.24, 2.45) is 5.41 Å². The van der Waals surface area contributed by atoms with Gasteiger partial charge in [0.1, 0.15) is 10.9 Å². The van der Waals surface area contributed by atoms with E-state index in [1.165, 1.54) is 19.4 Å². The van der Waals surface area contributed by atoms with Crippen LogP contribution in [0, 0.1) is 5.41 Å². The van der Waals surface area contributed by atoms with E-state index in [2.05, 4.69) is 15.3 Å². The Kier molecular flexibility index (Phi) is 4.80. The molecule has 2 amide bonds. The number of likely N-dealkylation sites (tertiary alicyclic amines) is 1. The largest absolute Gasteiger partial charge is 0.481 e. The fourth-order valence-corrected chi connectivity index (χ4v) is 3.08. The molecule has 3 heterocycles. The van der Waals surface area contributed by atoms with Crippen molar-refractivity contribution < 1.29 is 29.3 Å². The molecule has 2 aromatic heterocycles. The minimum absolute atomic E-state index is 0.0295. The van der Waals surface area contributed by atoms with Gasteiger partial charge in [-0.05, 0) is 25.0 Å². The Morgan fingerprint density at radius 1 is 1.19 bits per heavy atom. The molecule has 10 heteroatoms. The Labute approximate surface area is 153 Å². The maximum absolute atomic E-state index is 12.9. The first-order valence-corrected chi connectivity index (χ1v) is 8.20. The SMILES string of the molecule is COc1ccc2nccc(NC(=O)C3(C(=O)O)CCN(C(=O)O)CC3)c2n1. The first kappa shape index (κ1) is 18.4. The zero-order valence-electron chi connectivity index (χ0n) is 14.5.